The van der Waals surface area contributed by atoms with E-state index >= 15 is 0 Å². The SMILES string of the molecule is OCC1(C2(O)CC3CCC(C2)N3)CCCC1. The van der Waals surface area contributed by atoms with Crippen LogP contribution in [0.15, 0.2) is 0 Å². The monoisotopic (exact) mass is 225 g/mol. The van der Waals surface area contributed by atoms with Crippen LogP contribution in [0.3, 0.4) is 0 Å². The predicted molar refractivity (Wildman–Crippen MR) is 62.1 cm³/mol. The summed E-state index contributed by atoms with van der Waals surface area (Å²) in [5.41, 5.74) is -0.786. The van der Waals surface area contributed by atoms with Crippen LogP contribution in [0.4, 0.5) is 0 Å². The third-order valence-electron chi connectivity index (χ3n) is 5.35. The van der Waals surface area contributed by atoms with Gasteiger partial charge in [0.2, 0.25) is 0 Å². The third-order valence-corrected chi connectivity index (χ3v) is 5.35. The number of aliphatic hydroxyl groups is 2. The lowest BCUT2D eigenvalue weighted by molar-refractivity contribution is -0.133. The van der Waals surface area contributed by atoms with Crippen LogP contribution in [-0.2, 0) is 0 Å². The summed E-state index contributed by atoms with van der Waals surface area (Å²) >= 11 is 0. The lowest BCUT2D eigenvalue weighted by Crippen LogP contribution is -2.58. The van der Waals surface area contributed by atoms with Gasteiger partial charge in [-0.05, 0) is 38.5 Å². The van der Waals surface area contributed by atoms with Gasteiger partial charge in [0.1, 0.15) is 0 Å². The van der Waals surface area contributed by atoms with Crippen LogP contribution in [0.5, 0.6) is 0 Å². The Morgan fingerprint density at radius 1 is 1.06 bits per heavy atom. The van der Waals surface area contributed by atoms with Crippen molar-refractivity contribution in [3.63, 3.8) is 0 Å². The van der Waals surface area contributed by atoms with Crippen molar-refractivity contribution in [2.24, 2.45) is 5.41 Å². The maximum Gasteiger partial charge on any atom is 0.0755 e. The number of rotatable bonds is 2. The molecule has 3 rings (SSSR count). The Kier molecular flexibility index (Phi) is 2.54. The predicted octanol–water partition coefficient (Wildman–Crippen LogP) is 1.18. The molecule has 16 heavy (non-hydrogen) atoms. The number of piperidine rings is 1. The molecule has 0 aromatic heterocycles. The minimum atomic E-state index is -0.602. The van der Waals surface area contributed by atoms with Gasteiger partial charge in [0.05, 0.1) is 12.2 Å². The summed E-state index contributed by atoms with van der Waals surface area (Å²) in [6.07, 6.45) is 8.48. The highest BCUT2D eigenvalue weighted by molar-refractivity contribution is 5.09. The smallest absolute Gasteiger partial charge is 0.0755 e. The van der Waals surface area contributed by atoms with E-state index < -0.39 is 5.60 Å². The first kappa shape index (κ1) is 11.0. The summed E-state index contributed by atoms with van der Waals surface area (Å²) in [5.74, 6) is 0. The summed E-state index contributed by atoms with van der Waals surface area (Å²) < 4.78 is 0. The molecule has 92 valence electrons. The van der Waals surface area contributed by atoms with Crippen molar-refractivity contribution < 1.29 is 10.2 Å². The molecule has 1 aliphatic carbocycles. The molecule has 3 N–H and O–H groups in total. The fourth-order valence-electron chi connectivity index (χ4n) is 4.38. The van der Waals surface area contributed by atoms with Crippen LogP contribution in [0, 0.1) is 5.41 Å². The van der Waals surface area contributed by atoms with Crippen molar-refractivity contribution >= 4 is 0 Å². The Balaban J connectivity index is 1.86. The van der Waals surface area contributed by atoms with Crippen molar-refractivity contribution in [1.82, 2.24) is 5.32 Å². The Bertz CT molecular complexity index is 261. The molecule has 2 bridgehead atoms. The molecule has 3 heteroatoms. The lowest BCUT2D eigenvalue weighted by Gasteiger charge is -2.49. The van der Waals surface area contributed by atoms with Crippen LogP contribution < -0.4 is 5.32 Å². The largest absolute Gasteiger partial charge is 0.396 e. The average Bonchev–Trinajstić information content (AvgIpc) is 2.86. The molecule has 2 heterocycles. The number of hydrogen-bond acceptors (Lipinski definition) is 3. The zero-order chi connectivity index (χ0) is 11.2. The van der Waals surface area contributed by atoms with Crippen LogP contribution in [0.1, 0.15) is 51.4 Å². The van der Waals surface area contributed by atoms with Crippen LogP contribution >= 0.6 is 0 Å². The Morgan fingerprint density at radius 2 is 1.62 bits per heavy atom. The van der Waals surface area contributed by atoms with Gasteiger partial charge in [-0.25, -0.2) is 0 Å². The van der Waals surface area contributed by atoms with E-state index in [0.717, 1.165) is 25.7 Å². The molecular weight excluding hydrogens is 202 g/mol. The molecule has 0 aromatic rings. The van der Waals surface area contributed by atoms with Crippen molar-refractivity contribution in [3.8, 4) is 0 Å². The Morgan fingerprint density at radius 3 is 2.12 bits per heavy atom. The second-order valence-corrected chi connectivity index (χ2v) is 6.22. The minimum absolute atomic E-state index is 0.170. The zero-order valence-corrected chi connectivity index (χ0v) is 9.91. The van der Waals surface area contributed by atoms with Gasteiger partial charge in [-0.15, -0.1) is 0 Å². The van der Waals surface area contributed by atoms with Crippen molar-refractivity contribution in [3.05, 3.63) is 0 Å². The van der Waals surface area contributed by atoms with E-state index in [2.05, 4.69) is 5.32 Å². The van der Waals surface area contributed by atoms with Crippen molar-refractivity contribution in [2.45, 2.75) is 69.1 Å². The first-order valence-corrected chi connectivity index (χ1v) is 6.77. The van der Waals surface area contributed by atoms with E-state index in [9.17, 15) is 10.2 Å². The molecule has 2 unspecified atom stereocenters. The van der Waals surface area contributed by atoms with Gasteiger partial charge in [-0.3, -0.25) is 0 Å². The second kappa shape index (κ2) is 3.69. The van der Waals surface area contributed by atoms with E-state index in [4.69, 9.17) is 0 Å². The number of nitrogens with one attached hydrogen (secondary N) is 1. The summed E-state index contributed by atoms with van der Waals surface area (Å²) in [6, 6.07) is 0.987. The third kappa shape index (κ3) is 1.45. The number of aliphatic hydroxyl groups excluding tert-OH is 1. The van der Waals surface area contributed by atoms with Gasteiger partial charge in [-0.2, -0.15) is 0 Å². The molecule has 3 fully saturated rings. The molecule has 0 aromatic carbocycles. The summed E-state index contributed by atoms with van der Waals surface area (Å²) in [4.78, 5) is 0. The first-order valence-electron chi connectivity index (χ1n) is 6.77. The summed E-state index contributed by atoms with van der Waals surface area (Å²) in [6.45, 7) is 0.170. The Hall–Kier alpha value is -0.120. The standard InChI is InChI=1S/C13H23NO2/c15-9-12(5-1-2-6-12)13(16)7-10-3-4-11(8-13)14-10/h10-11,14-16H,1-9H2. The fraction of sp³-hybridized carbons (Fsp3) is 1.00. The molecule has 3 aliphatic rings. The van der Waals surface area contributed by atoms with Gasteiger partial charge in [0.15, 0.2) is 0 Å². The van der Waals surface area contributed by atoms with Gasteiger partial charge < -0.3 is 15.5 Å². The van der Waals surface area contributed by atoms with Crippen molar-refractivity contribution in [1.29, 1.82) is 0 Å². The molecule has 2 aliphatic heterocycles. The van der Waals surface area contributed by atoms with Crippen molar-refractivity contribution in [2.75, 3.05) is 6.61 Å². The molecule has 2 atom stereocenters. The van der Waals surface area contributed by atoms with Crippen LogP contribution in [-0.4, -0.2) is 34.5 Å². The maximum absolute atomic E-state index is 11.0. The second-order valence-electron chi connectivity index (χ2n) is 6.22. The van der Waals surface area contributed by atoms with E-state index in [-0.39, 0.29) is 12.0 Å². The normalized spacial score (nSPS) is 46.1. The minimum Gasteiger partial charge on any atom is -0.396 e. The van der Waals surface area contributed by atoms with E-state index in [1.54, 1.807) is 0 Å². The van der Waals surface area contributed by atoms with E-state index in [1.807, 2.05) is 0 Å². The average molecular weight is 225 g/mol. The molecule has 2 saturated heterocycles. The Labute approximate surface area is 97.2 Å². The van der Waals surface area contributed by atoms with E-state index in [1.165, 1.54) is 25.7 Å². The van der Waals surface area contributed by atoms with Crippen LogP contribution in [0.25, 0.3) is 0 Å². The maximum atomic E-state index is 11.0. The van der Waals surface area contributed by atoms with Gasteiger partial charge in [0.25, 0.3) is 0 Å². The zero-order valence-electron chi connectivity index (χ0n) is 9.91. The van der Waals surface area contributed by atoms with E-state index in [0.29, 0.717) is 12.1 Å². The quantitative estimate of drug-likeness (QED) is 0.661. The highest BCUT2D eigenvalue weighted by Crippen LogP contribution is 2.52. The lowest BCUT2D eigenvalue weighted by atomic mass is 9.65. The highest BCUT2D eigenvalue weighted by atomic mass is 16.3. The fourth-order valence-corrected chi connectivity index (χ4v) is 4.38. The summed E-state index contributed by atoms with van der Waals surface area (Å²) in [5, 5.41) is 24.3. The van der Waals surface area contributed by atoms with Gasteiger partial charge >= 0.3 is 0 Å². The molecule has 0 amide bonds. The number of fused-ring (bicyclic) bond motifs is 2. The molecule has 1 saturated carbocycles. The topological polar surface area (TPSA) is 52.5 Å². The number of hydrogen-bond donors (Lipinski definition) is 3. The molecule has 0 radical (unpaired) electrons. The highest BCUT2D eigenvalue weighted by Gasteiger charge is 2.55. The van der Waals surface area contributed by atoms with Gasteiger partial charge in [-0.1, -0.05) is 12.8 Å². The summed E-state index contributed by atoms with van der Waals surface area (Å²) in [7, 11) is 0. The van der Waals surface area contributed by atoms with Gasteiger partial charge in [0, 0.05) is 17.5 Å². The molecule has 3 nitrogen and oxygen atoms in total. The van der Waals surface area contributed by atoms with Crippen LogP contribution in [0.2, 0.25) is 0 Å². The molecule has 0 spiro atoms. The molecular formula is C13H23NO2. The first-order chi connectivity index (χ1) is 7.67.